The molecule has 3 aromatic carbocycles. The Labute approximate surface area is 152 Å². The van der Waals surface area contributed by atoms with Crippen molar-refractivity contribution in [3.63, 3.8) is 0 Å². The Balaban J connectivity index is 1.72. The van der Waals surface area contributed by atoms with Crippen LogP contribution in [0.1, 0.15) is 10.4 Å². The predicted octanol–water partition coefficient (Wildman–Crippen LogP) is 4.70. The zero-order valence-corrected chi connectivity index (χ0v) is 14.7. The topological polar surface area (TPSA) is 59.6 Å². The molecule has 26 heavy (non-hydrogen) atoms. The SMILES string of the molecule is COc1ccc(OC)c(C(=O)Nc2ccc(Nc3ccccc3)cc2)c1. The Hall–Kier alpha value is -3.47. The molecule has 0 spiro atoms. The molecule has 0 aromatic heterocycles. The van der Waals surface area contributed by atoms with Gasteiger partial charge < -0.3 is 20.1 Å². The lowest BCUT2D eigenvalue weighted by Gasteiger charge is -2.12. The molecule has 1 amide bonds. The van der Waals surface area contributed by atoms with Gasteiger partial charge in [0.15, 0.2) is 0 Å². The van der Waals surface area contributed by atoms with E-state index < -0.39 is 0 Å². The van der Waals surface area contributed by atoms with Gasteiger partial charge in [-0.05, 0) is 54.6 Å². The second kappa shape index (κ2) is 8.07. The van der Waals surface area contributed by atoms with Crippen LogP contribution >= 0.6 is 0 Å². The van der Waals surface area contributed by atoms with Crippen molar-refractivity contribution >= 4 is 23.0 Å². The summed E-state index contributed by atoms with van der Waals surface area (Å²) in [5, 5.41) is 6.17. The number of rotatable bonds is 6. The molecule has 5 nitrogen and oxygen atoms in total. The fraction of sp³-hybridized carbons (Fsp3) is 0.0952. The maximum atomic E-state index is 12.6. The lowest BCUT2D eigenvalue weighted by molar-refractivity contribution is 0.102. The molecule has 0 saturated carbocycles. The zero-order valence-electron chi connectivity index (χ0n) is 14.7. The van der Waals surface area contributed by atoms with Crippen LogP contribution in [0.4, 0.5) is 17.1 Å². The second-order valence-electron chi connectivity index (χ2n) is 5.59. The van der Waals surface area contributed by atoms with Gasteiger partial charge in [0, 0.05) is 17.1 Å². The maximum Gasteiger partial charge on any atom is 0.259 e. The Morgan fingerprint density at radius 3 is 2.08 bits per heavy atom. The van der Waals surface area contributed by atoms with E-state index in [1.807, 2.05) is 54.6 Å². The van der Waals surface area contributed by atoms with Crippen molar-refractivity contribution < 1.29 is 14.3 Å². The molecule has 0 bridgehead atoms. The molecule has 5 heteroatoms. The standard InChI is InChI=1S/C21H20N2O3/c1-25-18-12-13-20(26-2)19(14-18)21(24)23-17-10-8-16(9-11-17)22-15-6-4-3-5-7-15/h3-14,22H,1-2H3,(H,23,24). The van der Waals surface area contributed by atoms with Crippen molar-refractivity contribution in [2.45, 2.75) is 0 Å². The first-order valence-electron chi connectivity index (χ1n) is 8.15. The van der Waals surface area contributed by atoms with Crippen LogP contribution in [0.5, 0.6) is 11.5 Å². The van der Waals surface area contributed by atoms with Gasteiger partial charge in [-0.15, -0.1) is 0 Å². The normalized spacial score (nSPS) is 10.1. The third-order valence-electron chi connectivity index (χ3n) is 3.86. The Morgan fingerprint density at radius 2 is 1.42 bits per heavy atom. The summed E-state index contributed by atoms with van der Waals surface area (Å²) in [6.07, 6.45) is 0. The minimum absolute atomic E-state index is 0.260. The Bertz CT molecular complexity index is 878. The fourth-order valence-corrected chi connectivity index (χ4v) is 2.51. The zero-order chi connectivity index (χ0) is 18.4. The molecule has 0 heterocycles. The monoisotopic (exact) mass is 348 g/mol. The van der Waals surface area contributed by atoms with Crippen molar-refractivity contribution in [3.8, 4) is 11.5 Å². The van der Waals surface area contributed by atoms with Crippen LogP contribution < -0.4 is 20.1 Å². The smallest absolute Gasteiger partial charge is 0.259 e. The predicted molar refractivity (Wildman–Crippen MR) is 104 cm³/mol. The van der Waals surface area contributed by atoms with Gasteiger partial charge >= 0.3 is 0 Å². The van der Waals surface area contributed by atoms with E-state index in [2.05, 4.69) is 10.6 Å². The summed E-state index contributed by atoms with van der Waals surface area (Å²) in [4.78, 5) is 12.6. The highest BCUT2D eigenvalue weighted by atomic mass is 16.5. The highest BCUT2D eigenvalue weighted by Gasteiger charge is 2.14. The summed E-state index contributed by atoms with van der Waals surface area (Å²) in [6, 6.07) is 22.5. The number of hydrogen-bond acceptors (Lipinski definition) is 4. The number of amides is 1. The minimum Gasteiger partial charge on any atom is -0.497 e. The Kier molecular flexibility index (Phi) is 5.39. The van der Waals surface area contributed by atoms with Gasteiger partial charge in [-0.25, -0.2) is 0 Å². The molecule has 0 aliphatic heterocycles. The Morgan fingerprint density at radius 1 is 0.769 bits per heavy atom. The minimum atomic E-state index is -0.260. The van der Waals surface area contributed by atoms with E-state index in [0.29, 0.717) is 22.7 Å². The van der Waals surface area contributed by atoms with Crippen molar-refractivity contribution in [2.75, 3.05) is 24.9 Å². The van der Waals surface area contributed by atoms with Crippen LogP contribution in [0.25, 0.3) is 0 Å². The van der Waals surface area contributed by atoms with Crippen LogP contribution in [0, 0.1) is 0 Å². The van der Waals surface area contributed by atoms with Gasteiger partial charge in [0.25, 0.3) is 5.91 Å². The molecule has 0 aliphatic carbocycles. The average molecular weight is 348 g/mol. The molecule has 0 unspecified atom stereocenters. The summed E-state index contributed by atoms with van der Waals surface area (Å²) in [5.41, 5.74) is 3.05. The summed E-state index contributed by atoms with van der Waals surface area (Å²) < 4.78 is 10.4. The summed E-state index contributed by atoms with van der Waals surface area (Å²) in [7, 11) is 3.09. The molecular formula is C21H20N2O3. The van der Waals surface area contributed by atoms with Gasteiger partial charge in [-0.2, -0.15) is 0 Å². The van der Waals surface area contributed by atoms with Gasteiger partial charge in [0.05, 0.1) is 19.8 Å². The number of methoxy groups -OCH3 is 2. The molecule has 0 fully saturated rings. The van der Waals surface area contributed by atoms with Gasteiger partial charge in [0.2, 0.25) is 0 Å². The van der Waals surface area contributed by atoms with Gasteiger partial charge in [-0.3, -0.25) is 4.79 Å². The highest BCUT2D eigenvalue weighted by molar-refractivity contribution is 6.06. The van der Waals surface area contributed by atoms with Crippen LogP contribution in [0.15, 0.2) is 72.8 Å². The number of anilines is 3. The highest BCUT2D eigenvalue weighted by Crippen LogP contribution is 2.25. The van der Waals surface area contributed by atoms with Crippen LogP contribution in [0.3, 0.4) is 0 Å². The van der Waals surface area contributed by atoms with Crippen LogP contribution in [-0.2, 0) is 0 Å². The summed E-state index contributed by atoms with van der Waals surface area (Å²) >= 11 is 0. The number of hydrogen-bond donors (Lipinski definition) is 2. The van der Waals surface area contributed by atoms with E-state index >= 15 is 0 Å². The van der Waals surface area contributed by atoms with E-state index in [4.69, 9.17) is 9.47 Å². The van der Waals surface area contributed by atoms with E-state index in [1.54, 1.807) is 25.3 Å². The first-order chi connectivity index (χ1) is 12.7. The second-order valence-corrected chi connectivity index (χ2v) is 5.59. The molecule has 3 aromatic rings. The average Bonchev–Trinajstić information content (AvgIpc) is 2.69. The summed E-state index contributed by atoms with van der Waals surface area (Å²) in [5.74, 6) is 0.827. The number of carbonyl (C=O) groups excluding carboxylic acids is 1. The van der Waals surface area contributed by atoms with E-state index in [9.17, 15) is 4.79 Å². The number of ether oxygens (including phenoxy) is 2. The van der Waals surface area contributed by atoms with Crippen LogP contribution in [-0.4, -0.2) is 20.1 Å². The molecule has 0 atom stereocenters. The van der Waals surface area contributed by atoms with Crippen molar-refractivity contribution in [1.29, 1.82) is 0 Å². The van der Waals surface area contributed by atoms with Crippen molar-refractivity contribution in [3.05, 3.63) is 78.4 Å². The summed E-state index contributed by atoms with van der Waals surface area (Å²) in [6.45, 7) is 0. The number of para-hydroxylation sites is 1. The number of carbonyl (C=O) groups is 1. The third-order valence-corrected chi connectivity index (χ3v) is 3.86. The van der Waals surface area contributed by atoms with Crippen molar-refractivity contribution in [1.82, 2.24) is 0 Å². The lowest BCUT2D eigenvalue weighted by Crippen LogP contribution is -2.13. The molecule has 0 aliphatic rings. The van der Waals surface area contributed by atoms with E-state index in [-0.39, 0.29) is 5.91 Å². The third kappa shape index (κ3) is 4.13. The van der Waals surface area contributed by atoms with Crippen molar-refractivity contribution in [2.24, 2.45) is 0 Å². The first-order valence-corrected chi connectivity index (χ1v) is 8.15. The fourth-order valence-electron chi connectivity index (χ4n) is 2.51. The van der Waals surface area contributed by atoms with E-state index in [1.165, 1.54) is 7.11 Å². The largest absolute Gasteiger partial charge is 0.497 e. The molecule has 2 N–H and O–H groups in total. The molecule has 132 valence electrons. The van der Waals surface area contributed by atoms with Gasteiger partial charge in [0.1, 0.15) is 11.5 Å². The first kappa shape index (κ1) is 17.4. The molecule has 3 rings (SSSR count). The van der Waals surface area contributed by atoms with Crippen LogP contribution in [0.2, 0.25) is 0 Å². The van der Waals surface area contributed by atoms with E-state index in [0.717, 1.165) is 11.4 Å². The maximum absolute atomic E-state index is 12.6. The number of benzene rings is 3. The molecular weight excluding hydrogens is 328 g/mol. The molecule has 0 saturated heterocycles. The number of nitrogens with one attached hydrogen (secondary N) is 2. The lowest BCUT2D eigenvalue weighted by atomic mass is 10.1. The quantitative estimate of drug-likeness (QED) is 0.678. The molecule has 0 radical (unpaired) electrons. The van der Waals surface area contributed by atoms with Gasteiger partial charge in [-0.1, -0.05) is 18.2 Å².